The second-order valence-electron chi connectivity index (χ2n) is 5.89. The van der Waals surface area contributed by atoms with Crippen LogP contribution < -0.4 is 11.1 Å². The second kappa shape index (κ2) is 5.88. The molecule has 0 radical (unpaired) electrons. The number of nitrogen functional groups attached to an aromatic ring is 1. The van der Waals surface area contributed by atoms with Gasteiger partial charge in [-0.25, -0.2) is 4.79 Å². The third kappa shape index (κ3) is 3.71. The van der Waals surface area contributed by atoms with Crippen molar-refractivity contribution in [2.24, 2.45) is 7.05 Å². The maximum Gasteiger partial charge on any atom is 0.412 e. The van der Waals surface area contributed by atoms with Gasteiger partial charge in [-0.3, -0.25) is 10.00 Å². The van der Waals surface area contributed by atoms with Crippen molar-refractivity contribution < 1.29 is 9.53 Å². The van der Waals surface area contributed by atoms with Gasteiger partial charge in [0.1, 0.15) is 5.60 Å². The van der Waals surface area contributed by atoms with E-state index in [1.165, 1.54) is 0 Å². The number of benzene rings is 1. The minimum absolute atomic E-state index is 0.462. The molecule has 2 rings (SSSR count). The van der Waals surface area contributed by atoms with Crippen LogP contribution in [0, 0.1) is 0 Å². The molecule has 0 saturated heterocycles. The number of rotatable bonds is 2. The van der Waals surface area contributed by atoms with E-state index in [1.807, 2.05) is 0 Å². The Morgan fingerprint density at radius 2 is 2.09 bits per heavy atom. The van der Waals surface area contributed by atoms with Crippen molar-refractivity contribution in [2.45, 2.75) is 26.4 Å². The van der Waals surface area contributed by atoms with Gasteiger partial charge in [0.2, 0.25) is 0 Å². The van der Waals surface area contributed by atoms with Crippen molar-refractivity contribution in [1.82, 2.24) is 9.78 Å². The molecule has 0 saturated carbocycles. The zero-order chi connectivity index (χ0) is 16.5. The molecule has 2 aromatic rings. The van der Waals surface area contributed by atoms with Gasteiger partial charge in [-0.05, 0) is 39.0 Å². The maximum absolute atomic E-state index is 11.8. The predicted molar refractivity (Wildman–Crippen MR) is 87.9 cm³/mol. The Labute approximate surface area is 134 Å². The van der Waals surface area contributed by atoms with Crippen LogP contribution in [0.15, 0.2) is 24.4 Å². The van der Waals surface area contributed by atoms with Crippen molar-refractivity contribution >= 4 is 29.1 Å². The molecule has 1 amide bonds. The van der Waals surface area contributed by atoms with Gasteiger partial charge in [0.05, 0.1) is 22.6 Å². The number of nitrogens with one attached hydrogen (secondary N) is 1. The summed E-state index contributed by atoms with van der Waals surface area (Å²) in [5.74, 6) is 0. The zero-order valence-electron chi connectivity index (χ0n) is 13.0. The number of hydrogen-bond acceptors (Lipinski definition) is 4. The quantitative estimate of drug-likeness (QED) is 0.883. The SMILES string of the molecule is Cn1ncc(N)c1-c1ccc(NC(=O)OC(C)(C)C)cc1Cl. The molecule has 0 aliphatic carbocycles. The largest absolute Gasteiger partial charge is 0.444 e. The molecule has 22 heavy (non-hydrogen) atoms. The number of hydrogen-bond donors (Lipinski definition) is 2. The van der Waals surface area contributed by atoms with Crippen LogP contribution in [0.1, 0.15) is 20.8 Å². The van der Waals surface area contributed by atoms with E-state index in [9.17, 15) is 4.79 Å². The van der Waals surface area contributed by atoms with Crippen LogP contribution in [0.2, 0.25) is 5.02 Å². The summed E-state index contributed by atoms with van der Waals surface area (Å²) in [5.41, 5.74) is 7.90. The standard InChI is InChI=1S/C15H19ClN4O2/c1-15(2,3)22-14(21)19-9-5-6-10(11(16)7-9)13-12(17)8-18-20(13)4/h5-8H,17H2,1-4H3,(H,19,21). The van der Waals surface area contributed by atoms with Crippen LogP contribution in [0.3, 0.4) is 0 Å². The number of carbonyl (C=O) groups excluding carboxylic acids is 1. The molecule has 7 heteroatoms. The molecule has 118 valence electrons. The molecule has 0 aliphatic heterocycles. The Morgan fingerprint density at radius 1 is 1.41 bits per heavy atom. The number of halogens is 1. The van der Waals surface area contributed by atoms with Crippen molar-refractivity contribution in [3.8, 4) is 11.3 Å². The van der Waals surface area contributed by atoms with Crippen LogP contribution in [-0.2, 0) is 11.8 Å². The summed E-state index contributed by atoms with van der Waals surface area (Å²) in [7, 11) is 1.79. The highest BCUT2D eigenvalue weighted by atomic mass is 35.5. The van der Waals surface area contributed by atoms with Crippen LogP contribution in [0.25, 0.3) is 11.3 Å². The Balaban J connectivity index is 2.22. The molecule has 1 heterocycles. The van der Waals surface area contributed by atoms with Gasteiger partial charge in [-0.1, -0.05) is 11.6 Å². The van der Waals surface area contributed by atoms with Crippen molar-refractivity contribution in [2.75, 3.05) is 11.1 Å². The van der Waals surface area contributed by atoms with E-state index in [0.29, 0.717) is 16.4 Å². The van der Waals surface area contributed by atoms with Gasteiger partial charge in [0.25, 0.3) is 0 Å². The number of aromatic nitrogens is 2. The Morgan fingerprint density at radius 3 is 2.59 bits per heavy atom. The number of nitrogens with zero attached hydrogens (tertiary/aromatic N) is 2. The van der Waals surface area contributed by atoms with E-state index in [1.54, 1.807) is 56.9 Å². The lowest BCUT2D eigenvalue weighted by Gasteiger charge is -2.19. The molecule has 1 aromatic heterocycles. The summed E-state index contributed by atoms with van der Waals surface area (Å²) in [4.78, 5) is 11.8. The van der Waals surface area contributed by atoms with Gasteiger partial charge in [-0.15, -0.1) is 0 Å². The summed E-state index contributed by atoms with van der Waals surface area (Å²) < 4.78 is 6.85. The fourth-order valence-electron chi connectivity index (χ4n) is 1.99. The minimum atomic E-state index is -0.559. The molecular formula is C15H19ClN4O2. The minimum Gasteiger partial charge on any atom is -0.444 e. The Kier molecular flexibility index (Phi) is 4.32. The summed E-state index contributed by atoms with van der Waals surface area (Å²) in [6, 6.07) is 5.16. The highest BCUT2D eigenvalue weighted by Gasteiger charge is 2.17. The Bertz CT molecular complexity index is 685. The number of nitrogens with two attached hydrogens (primary N) is 1. The first kappa shape index (κ1) is 16.2. The summed E-state index contributed by atoms with van der Waals surface area (Å²) in [6.45, 7) is 5.40. The van der Waals surface area contributed by atoms with Crippen molar-refractivity contribution in [3.05, 3.63) is 29.4 Å². The lowest BCUT2D eigenvalue weighted by atomic mass is 10.1. The van der Waals surface area contributed by atoms with E-state index in [-0.39, 0.29) is 0 Å². The van der Waals surface area contributed by atoms with E-state index in [2.05, 4.69) is 10.4 Å². The van der Waals surface area contributed by atoms with Crippen LogP contribution >= 0.6 is 11.6 Å². The smallest absolute Gasteiger partial charge is 0.412 e. The summed E-state index contributed by atoms with van der Waals surface area (Å²) in [5, 5.41) is 7.19. The van der Waals surface area contributed by atoms with Crippen LogP contribution in [-0.4, -0.2) is 21.5 Å². The number of aryl methyl sites for hydroxylation is 1. The lowest BCUT2D eigenvalue weighted by molar-refractivity contribution is 0.0636. The topological polar surface area (TPSA) is 82.2 Å². The average Bonchev–Trinajstić information content (AvgIpc) is 2.67. The van der Waals surface area contributed by atoms with E-state index >= 15 is 0 Å². The first-order valence-corrected chi connectivity index (χ1v) is 7.12. The summed E-state index contributed by atoms with van der Waals surface area (Å²) in [6.07, 6.45) is 1.04. The van der Waals surface area contributed by atoms with Gasteiger partial charge >= 0.3 is 6.09 Å². The Hall–Kier alpha value is -2.21. The van der Waals surface area contributed by atoms with Gasteiger partial charge in [-0.2, -0.15) is 5.10 Å². The number of anilines is 2. The number of carbonyl (C=O) groups is 1. The fourth-order valence-corrected chi connectivity index (χ4v) is 2.26. The molecule has 0 atom stereocenters. The van der Waals surface area contributed by atoms with E-state index in [0.717, 1.165) is 11.3 Å². The third-order valence-corrected chi connectivity index (χ3v) is 3.15. The molecule has 0 fully saturated rings. The monoisotopic (exact) mass is 322 g/mol. The van der Waals surface area contributed by atoms with E-state index < -0.39 is 11.7 Å². The van der Waals surface area contributed by atoms with Crippen molar-refractivity contribution in [3.63, 3.8) is 0 Å². The molecule has 3 N–H and O–H groups in total. The van der Waals surface area contributed by atoms with E-state index in [4.69, 9.17) is 22.1 Å². The first-order chi connectivity index (χ1) is 10.2. The van der Waals surface area contributed by atoms with Crippen LogP contribution in [0.4, 0.5) is 16.2 Å². The fraction of sp³-hybridized carbons (Fsp3) is 0.333. The molecule has 0 aliphatic rings. The molecule has 0 bridgehead atoms. The molecule has 0 spiro atoms. The first-order valence-electron chi connectivity index (χ1n) is 6.75. The number of amides is 1. The normalized spacial score (nSPS) is 11.3. The maximum atomic E-state index is 11.8. The second-order valence-corrected chi connectivity index (χ2v) is 6.30. The highest BCUT2D eigenvalue weighted by Crippen LogP contribution is 2.33. The average molecular weight is 323 g/mol. The molecule has 1 aromatic carbocycles. The van der Waals surface area contributed by atoms with Crippen LogP contribution in [0.5, 0.6) is 0 Å². The molecule has 6 nitrogen and oxygen atoms in total. The summed E-state index contributed by atoms with van der Waals surface area (Å²) >= 11 is 6.29. The predicted octanol–water partition coefficient (Wildman–Crippen LogP) is 3.67. The third-order valence-electron chi connectivity index (χ3n) is 2.84. The number of ether oxygens (including phenoxy) is 1. The van der Waals surface area contributed by atoms with Crippen molar-refractivity contribution in [1.29, 1.82) is 0 Å². The lowest BCUT2D eigenvalue weighted by Crippen LogP contribution is -2.27. The van der Waals surface area contributed by atoms with Gasteiger partial charge < -0.3 is 10.5 Å². The zero-order valence-corrected chi connectivity index (χ0v) is 13.7. The molecule has 0 unspecified atom stereocenters. The van der Waals surface area contributed by atoms with Gasteiger partial charge in [0, 0.05) is 18.3 Å². The molecular weight excluding hydrogens is 304 g/mol. The highest BCUT2D eigenvalue weighted by molar-refractivity contribution is 6.33. The van der Waals surface area contributed by atoms with Gasteiger partial charge in [0.15, 0.2) is 0 Å².